The van der Waals surface area contributed by atoms with Crippen molar-refractivity contribution in [3.63, 3.8) is 0 Å². The molecule has 0 aromatic heterocycles. The fourth-order valence-corrected chi connectivity index (χ4v) is 3.57. The third-order valence-electron chi connectivity index (χ3n) is 3.68. The van der Waals surface area contributed by atoms with Gasteiger partial charge in [0, 0.05) is 38.3 Å². The summed E-state index contributed by atoms with van der Waals surface area (Å²) in [5.74, 6) is -3.04. The summed E-state index contributed by atoms with van der Waals surface area (Å²) in [5.41, 5.74) is -0.0547. The van der Waals surface area contributed by atoms with E-state index in [2.05, 4.69) is 5.32 Å². The number of amides is 1. The second kappa shape index (κ2) is 7.33. The smallest absolute Gasteiger partial charge is 0.251 e. The van der Waals surface area contributed by atoms with Gasteiger partial charge in [-0.3, -0.25) is 4.79 Å². The van der Waals surface area contributed by atoms with E-state index in [0.29, 0.717) is 26.2 Å². The molecule has 9 heteroatoms. The highest BCUT2D eigenvalue weighted by molar-refractivity contribution is 7.89. The highest BCUT2D eigenvalue weighted by Gasteiger charge is 2.25. The van der Waals surface area contributed by atoms with E-state index in [1.54, 1.807) is 0 Å². The minimum absolute atomic E-state index is 0.0547. The van der Waals surface area contributed by atoms with Crippen LogP contribution in [0.25, 0.3) is 0 Å². The fraction of sp³-hybridized carbons (Fsp3) is 0.500. The summed E-state index contributed by atoms with van der Waals surface area (Å²) >= 11 is 0. The Morgan fingerprint density at radius 1 is 1.17 bits per heavy atom. The molecular formula is C14H19F2N3O3S. The van der Waals surface area contributed by atoms with E-state index in [4.69, 9.17) is 0 Å². The summed E-state index contributed by atoms with van der Waals surface area (Å²) in [7, 11) is -1.52. The van der Waals surface area contributed by atoms with Crippen molar-refractivity contribution in [3.05, 3.63) is 35.4 Å². The molecule has 0 aliphatic carbocycles. The Balaban J connectivity index is 1.86. The predicted molar refractivity (Wildman–Crippen MR) is 81.5 cm³/mol. The van der Waals surface area contributed by atoms with Gasteiger partial charge in [0.1, 0.15) is 0 Å². The zero-order valence-electron chi connectivity index (χ0n) is 12.8. The van der Waals surface area contributed by atoms with Crippen molar-refractivity contribution in [3.8, 4) is 0 Å². The number of halogens is 2. The Kier molecular flexibility index (Phi) is 5.66. The molecule has 23 heavy (non-hydrogen) atoms. The number of nitrogens with zero attached hydrogens (tertiary/aromatic N) is 2. The molecule has 0 saturated carbocycles. The molecule has 128 valence electrons. The molecular weight excluding hydrogens is 328 g/mol. The van der Waals surface area contributed by atoms with Crippen LogP contribution in [-0.2, 0) is 10.0 Å². The van der Waals surface area contributed by atoms with Gasteiger partial charge >= 0.3 is 0 Å². The number of rotatable bonds is 5. The number of benzene rings is 1. The largest absolute Gasteiger partial charge is 0.351 e. The number of sulfonamides is 1. The fourth-order valence-electron chi connectivity index (χ4n) is 2.23. The van der Waals surface area contributed by atoms with Gasteiger partial charge in [-0.05, 0) is 25.2 Å². The molecule has 1 saturated heterocycles. The molecule has 1 aliphatic rings. The molecule has 1 aromatic carbocycles. The number of carbonyl (C=O) groups excluding carboxylic acids is 1. The van der Waals surface area contributed by atoms with Crippen LogP contribution in [0.3, 0.4) is 0 Å². The van der Waals surface area contributed by atoms with Gasteiger partial charge in [-0.15, -0.1) is 0 Å². The van der Waals surface area contributed by atoms with Crippen molar-refractivity contribution < 1.29 is 22.0 Å². The number of carbonyl (C=O) groups is 1. The molecule has 1 N–H and O–H groups in total. The number of piperazine rings is 1. The van der Waals surface area contributed by atoms with Crippen LogP contribution in [0.5, 0.6) is 0 Å². The van der Waals surface area contributed by atoms with Gasteiger partial charge in [0.15, 0.2) is 11.6 Å². The Morgan fingerprint density at radius 3 is 2.43 bits per heavy atom. The first kappa shape index (κ1) is 17.8. The number of hydrogen-bond acceptors (Lipinski definition) is 4. The van der Waals surface area contributed by atoms with E-state index in [0.717, 1.165) is 18.2 Å². The molecule has 0 bridgehead atoms. The summed E-state index contributed by atoms with van der Waals surface area (Å²) in [6.45, 7) is 2.10. The van der Waals surface area contributed by atoms with E-state index in [-0.39, 0.29) is 17.9 Å². The highest BCUT2D eigenvalue weighted by Crippen LogP contribution is 2.09. The lowest BCUT2D eigenvalue weighted by Gasteiger charge is -2.31. The van der Waals surface area contributed by atoms with Crippen LogP contribution in [0.4, 0.5) is 8.78 Å². The van der Waals surface area contributed by atoms with Gasteiger partial charge in [-0.25, -0.2) is 17.2 Å². The summed E-state index contributed by atoms with van der Waals surface area (Å²) in [4.78, 5) is 13.8. The minimum Gasteiger partial charge on any atom is -0.351 e. The van der Waals surface area contributed by atoms with Crippen LogP contribution in [0.1, 0.15) is 10.4 Å². The Labute approximate surface area is 134 Å². The van der Waals surface area contributed by atoms with Crippen molar-refractivity contribution in [1.29, 1.82) is 0 Å². The lowest BCUT2D eigenvalue weighted by molar-refractivity contribution is 0.0955. The minimum atomic E-state index is -3.44. The zero-order valence-corrected chi connectivity index (χ0v) is 13.6. The van der Waals surface area contributed by atoms with Crippen molar-refractivity contribution in [2.24, 2.45) is 0 Å². The zero-order chi connectivity index (χ0) is 17.0. The molecule has 6 nitrogen and oxygen atoms in total. The van der Waals surface area contributed by atoms with Crippen molar-refractivity contribution >= 4 is 15.9 Å². The van der Waals surface area contributed by atoms with Gasteiger partial charge in [0.25, 0.3) is 5.91 Å². The van der Waals surface area contributed by atoms with Crippen LogP contribution in [0, 0.1) is 11.6 Å². The lowest BCUT2D eigenvalue weighted by Crippen LogP contribution is -2.48. The average Bonchev–Trinajstić information content (AvgIpc) is 2.50. The summed E-state index contributed by atoms with van der Waals surface area (Å²) < 4.78 is 51.6. The molecule has 0 spiro atoms. The van der Waals surface area contributed by atoms with Crippen LogP contribution >= 0.6 is 0 Å². The van der Waals surface area contributed by atoms with E-state index < -0.39 is 27.6 Å². The molecule has 1 aromatic rings. The van der Waals surface area contributed by atoms with Crippen LogP contribution in [-0.4, -0.2) is 69.1 Å². The Morgan fingerprint density at radius 2 is 1.83 bits per heavy atom. The van der Waals surface area contributed by atoms with Gasteiger partial charge < -0.3 is 10.2 Å². The predicted octanol–water partition coefficient (Wildman–Crippen LogP) is 0.272. The number of hydrogen-bond donors (Lipinski definition) is 1. The van der Waals surface area contributed by atoms with Crippen LogP contribution in [0.15, 0.2) is 18.2 Å². The maximum Gasteiger partial charge on any atom is 0.251 e. The summed E-state index contributed by atoms with van der Waals surface area (Å²) in [5, 5.41) is 2.41. The molecule has 0 unspecified atom stereocenters. The van der Waals surface area contributed by atoms with E-state index in [1.807, 2.05) is 11.9 Å². The van der Waals surface area contributed by atoms with Crippen molar-refractivity contribution in [2.75, 3.05) is 45.5 Å². The van der Waals surface area contributed by atoms with Gasteiger partial charge in [0.2, 0.25) is 10.0 Å². The molecule has 0 atom stereocenters. The summed E-state index contributed by atoms with van der Waals surface area (Å²) in [6.07, 6.45) is 0. The number of likely N-dealkylation sites (N-methyl/N-ethyl adjacent to an activating group) is 1. The first-order valence-electron chi connectivity index (χ1n) is 7.19. The second-order valence-corrected chi connectivity index (χ2v) is 7.49. The van der Waals surface area contributed by atoms with Crippen LogP contribution < -0.4 is 5.32 Å². The number of nitrogens with one attached hydrogen (secondary N) is 1. The van der Waals surface area contributed by atoms with Crippen molar-refractivity contribution in [2.45, 2.75) is 0 Å². The Hall–Kier alpha value is -1.58. The van der Waals surface area contributed by atoms with Gasteiger partial charge in [-0.2, -0.15) is 4.31 Å². The SMILES string of the molecule is CN1CCN(S(=O)(=O)CCNC(=O)c2ccc(F)c(F)c2)CC1. The van der Waals surface area contributed by atoms with E-state index in [9.17, 15) is 22.0 Å². The maximum absolute atomic E-state index is 13.1. The molecule has 1 aliphatic heterocycles. The topological polar surface area (TPSA) is 69.7 Å². The normalized spacial score (nSPS) is 17.2. The first-order chi connectivity index (χ1) is 10.8. The lowest BCUT2D eigenvalue weighted by atomic mass is 10.2. The van der Waals surface area contributed by atoms with Crippen molar-refractivity contribution in [1.82, 2.24) is 14.5 Å². The average molecular weight is 347 g/mol. The summed E-state index contributed by atoms with van der Waals surface area (Å²) in [6, 6.07) is 2.77. The molecule has 1 fully saturated rings. The third kappa shape index (κ3) is 4.69. The quantitative estimate of drug-likeness (QED) is 0.830. The van der Waals surface area contributed by atoms with E-state index in [1.165, 1.54) is 4.31 Å². The molecule has 1 heterocycles. The van der Waals surface area contributed by atoms with E-state index >= 15 is 0 Å². The highest BCUT2D eigenvalue weighted by atomic mass is 32.2. The maximum atomic E-state index is 13.1. The molecule has 2 rings (SSSR count). The van der Waals surface area contributed by atoms with Gasteiger partial charge in [0.05, 0.1) is 5.75 Å². The monoisotopic (exact) mass is 347 g/mol. The molecule has 1 amide bonds. The standard InChI is InChI=1S/C14H19F2N3O3S/c1-18-5-7-19(8-6-18)23(21,22)9-4-17-14(20)11-2-3-12(15)13(16)10-11/h2-3,10H,4-9H2,1H3,(H,17,20). The second-order valence-electron chi connectivity index (χ2n) is 5.40. The Bertz CT molecular complexity index is 674. The molecule has 0 radical (unpaired) electrons. The third-order valence-corrected chi connectivity index (χ3v) is 5.55. The van der Waals surface area contributed by atoms with Gasteiger partial charge in [-0.1, -0.05) is 0 Å². The first-order valence-corrected chi connectivity index (χ1v) is 8.80. The van der Waals surface area contributed by atoms with Crippen LogP contribution in [0.2, 0.25) is 0 Å².